The summed E-state index contributed by atoms with van der Waals surface area (Å²) in [6.45, 7) is 1.75. The zero-order valence-electron chi connectivity index (χ0n) is 15.0. The van der Waals surface area contributed by atoms with Gasteiger partial charge in [0.25, 0.3) is 5.91 Å². The van der Waals surface area contributed by atoms with Gasteiger partial charge >= 0.3 is 0 Å². The number of carbonyl (C=O) groups is 2. The minimum Gasteiger partial charge on any atom is -0.489 e. The summed E-state index contributed by atoms with van der Waals surface area (Å²) in [4.78, 5) is 24.8. The number of benzene rings is 1. The Morgan fingerprint density at radius 2 is 2.04 bits per heavy atom. The summed E-state index contributed by atoms with van der Waals surface area (Å²) < 4.78 is 6.05. The van der Waals surface area contributed by atoms with Gasteiger partial charge in [0.15, 0.2) is 0 Å². The van der Waals surface area contributed by atoms with Gasteiger partial charge in [-0.05, 0) is 30.9 Å². The Hall–Kier alpha value is -2.60. The molecule has 2 aliphatic rings. The number of carbonyl (C=O) groups excluding carboxylic acids is 2. The number of likely N-dealkylation sites (N-methyl/N-ethyl adjacent to an activating group) is 1. The van der Waals surface area contributed by atoms with Crippen molar-refractivity contribution in [1.82, 2.24) is 5.32 Å². The molecule has 0 fully saturated rings. The minimum atomic E-state index is -1.10. The molecule has 6 nitrogen and oxygen atoms in total. The number of hydrogen-bond donors (Lipinski definition) is 3. The van der Waals surface area contributed by atoms with E-state index < -0.39 is 11.3 Å². The zero-order valence-corrected chi connectivity index (χ0v) is 15.0. The van der Waals surface area contributed by atoms with E-state index in [-0.39, 0.29) is 31.0 Å². The topological polar surface area (TPSA) is 102 Å². The van der Waals surface area contributed by atoms with E-state index >= 15 is 0 Å². The Balaban J connectivity index is 2.15. The van der Waals surface area contributed by atoms with E-state index in [0.29, 0.717) is 17.8 Å². The highest BCUT2D eigenvalue weighted by Crippen LogP contribution is 2.51. The molecular formula is C20H24N2O4. The lowest BCUT2D eigenvalue weighted by molar-refractivity contribution is -0.126. The van der Waals surface area contributed by atoms with Crippen LogP contribution >= 0.6 is 0 Å². The summed E-state index contributed by atoms with van der Waals surface area (Å²) in [5.74, 6) is -0.426. The highest BCUT2D eigenvalue weighted by Gasteiger charge is 2.48. The van der Waals surface area contributed by atoms with Gasteiger partial charge in [-0.2, -0.15) is 0 Å². The van der Waals surface area contributed by atoms with Gasteiger partial charge in [-0.15, -0.1) is 0 Å². The van der Waals surface area contributed by atoms with Crippen molar-refractivity contribution >= 4 is 11.8 Å². The molecule has 3 rings (SSSR count). The molecule has 1 aromatic carbocycles. The predicted molar refractivity (Wildman–Crippen MR) is 96.9 cm³/mol. The fraction of sp³-hybridized carbons (Fsp3) is 0.400. The number of ether oxygens (including phenoxy) is 1. The number of amides is 2. The van der Waals surface area contributed by atoms with Crippen molar-refractivity contribution in [3.05, 3.63) is 58.9 Å². The van der Waals surface area contributed by atoms with Crippen molar-refractivity contribution < 1.29 is 19.4 Å². The number of nitrogens with one attached hydrogen (secondary N) is 1. The molecule has 3 unspecified atom stereocenters. The molecule has 0 spiro atoms. The summed E-state index contributed by atoms with van der Waals surface area (Å²) >= 11 is 0. The highest BCUT2D eigenvalue weighted by atomic mass is 16.5. The smallest absolute Gasteiger partial charge is 0.254 e. The van der Waals surface area contributed by atoms with Crippen LogP contribution in [-0.4, -0.2) is 36.7 Å². The second-order valence-electron chi connectivity index (χ2n) is 6.87. The molecule has 138 valence electrons. The average Bonchev–Trinajstić information content (AvgIpc) is 2.96. The Morgan fingerprint density at radius 1 is 1.35 bits per heavy atom. The summed E-state index contributed by atoms with van der Waals surface area (Å²) in [6.07, 6.45) is 1.90. The van der Waals surface area contributed by atoms with Gasteiger partial charge in [-0.3, -0.25) is 9.59 Å². The standard InChI is InChI=1S/C20H24N2O4/c1-12-16(13-6-4-3-5-7-13)14-10-20(8-9-23,19(21)25)11-15(17(14)26-12)18(24)22-2/h3-7,11-12,16,23H,8-10H2,1-2H3,(H2,21,25)(H,22,24). The molecule has 0 aromatic heterocycles. The van der Waals surface area contributed by atoms with Crippen LogP contribution < -0.4 is 11.1 Å². The van der Waals surface area contributed by atoms with E-state index in [0.717, 1.165) is 11.1 Å². The summed E-state index contributed by atoms with van der Waals surface area (Å²) in [6, 6.07) is 9.87. The van der Waals surface area contributed by atoms with Gasteiger partial charge in [0.2, 0.25) is 5.91 Å². The van der Waals surface area contributed by atoms with Crippen LogP contribution in [0.3, 0.4) is 0 Å². The Bertz CT molecular complexity index is 784. The van der Waals surface area contributed by atoms with Crippen molar-refractivity contribution in [2.24, 2.45) is 11.1 Å². The molecule has 2 amide bonds. The molecule has 6 heteroatoms. The number of primary amides is 1. The molecular weight excluding hydrogens is 332 g/mol. The summed E-state index contributed by atoms with van der Waals surface area (Å²) in [5.41, 5.74) is 6.86. The lowest BCUT2D eigenvalue weighted by Gasteiger charge is -2.33. The number of aliphatic hydroxyl groups excluding tert-OH is 1. The van der Waals surface area contributed by atoms with Crippen molar-refractivity contribution in [3.8, 4) is 0 Å². The highest BCUT2D eigenvalue weighted by molar-refractivity contribution is 6.00. The summed E-state index contributed by atoms with van der Waals surface area (Å²) in [5, 5.41) is 12.1. The molecule has 1 aliphatic carbocycles. The average molecular weight is 356 g/mol. The van der Waals surface area contributed by atoms with Gasteiger partial charge in [0, 0.05) is 19.6 Å². The van der Waals surface area contributed by atoms with Gasteiger partial charge in [0.1, 0.15) is 11.9 Å². The van der Waals surface area contributed by atoms with Gasteiger partial charge < -0.3 is 20.9 Å². The molecule has 1 aliphatic heterocycles. The molecule has 0 saturated carbocycles. The third-order valence-electron chi connectivity index (χ3n) is 5.29. The number of nitrogens with two attached hydrogens (primary N) is 1. The van der Waals surface area contributed by atoms with Crippen LogP contribution in [0.25, 0.3) is 0 Å². The number of aliphatic hydroxyl groups is 1. The third-order valence-corrected chi connectivity index (χ3v) is 5.29. The monoisotopic (exact) mass is 356 g/mol. The van der Waals surface area contributed by atoms with Crippen LogP contribution in [0.1, 0.15) is 31.2 Å². The largest absolute Gasteiger partial charge is 0.489 e. The molecule has 0 bridgehead atoms. The predicted octanol–water partition coefficient (Wildman–Crippen LogP) is 1.37. The quantitative estimate of drug-likeness (QED) is 0.742. The molecule has 0 saturated heterocycles. The van der Waals surface area contributed by atoms with Crippen LogP contribution in [0.4, 0.5) is 0 Å². The van der Waals surface area contributed by atoms with Crippen molar-refractivity contribution in [1.29, 1.82) is 0 Å². The second-order valence-corrected chi connectivity index (χ2v) is 6.87. The maximum atomic E-state index is 12.5. The number of hydrogen-bond acceptors (Lipinski definition) is 4. The first-order chi connectivity index (χ1) is 12.4. The first kappa shape index (κ1) is 18.2. The molecule has 1 heterocycles. The van der Waals surface area contributed by atoms with Crippen molar-refractivity contribution in [3.63, 3.8) is 0 Å². The van der Waals surface area contributed by atoms with Crippen LogP contribution in [-0.2, 0) is 14.3 Å². The van der Waals surface area contributed by atoms with Crippen LogP contribution in [0.2, 0.25) is 0 Å². The van der Waals surface area contributed by atoms with Crippen LogP contribution in [0.15, 0.2) is 53.3 Å². The first-order valence-corrected chi connectivity index (χ1v) is 8.74. The van der Waals surface area contributed by atoms with Crippen LogP contribution in [0.5, 0.6) is 0 Å². The van der Waals surface area contributed by atoms with Crippen molar-refractivity contribution in [2.45, 2.75) is 31.8 Å². The van der Waals surface area contributed by atoms with E-state index in [4.69, 9.17) is 10.5 Å². The Kier molecular flexibility index (Phi) is 4.87. The zero-order chi connectivity index (χ0) is 18.9. The maximum Gasteiger partial charge on any atom is 0.254 e. The fourth-order valence-electron chi connectivity index (χ4n) is 3.99. The Morgan fingerprint density at radius 3 is 2.62 bits per heavy atom. The van der Waals surface area contributed by atoms with Crippen LogP contribution in [0, 0.1) is 5.41 Å². The summed E-state index contributed by atoms with van der Waals surface area (Å²) in [7, 11) is 1.53. The Labute approximate surface area is 152 Å². The fourth-order valence-corrected chi connectivity index (χ4v) is 3.99. The van der Waals surface area contributed by atoms with E-state index in [1.165, 1.54) is 7.05 Å². The normalized spacial score (nSPS) is 27.4. The lowest BCUT2D eigenvalue weighted by atomic mass is 9.69. The second kappa shape index (κ2) is 6.96. The third kappa shape index (κ3) is 2.90. The van der Waals surface area contributed by atoms with E-state index in [1.54, 1.807) is 6.08 Å². The van der Waals surface area contributed by atoms with Gasteiger partial charge in [-0.1, -0.05) is 36.4 Å². The maximum absolute atomic E-state index is 12.5. The van der Waals surface area contributed by atoms with E-state index in [9.17, 15) is 14.7 Å². The molecule has 26 heavy (non-hydrogen) atoms. The van der Waals surface area contributed by atoms with Crippen molar-refractivity contribution in [2.75, 3.05) is 13.7 Å². The van der Waals surface area contributed by atoms with Gasteiger partial charge in [0.05, 0.1) is 11.0 Å². The van der Waals surface area contributed by atoms with E-state index in [2.05, 4.69) is 5.32 Å². The SMILES string of the molecule is CNC(=O)C1=CC(CCO)(C(N)=O)CC2=C1OC(C)C2c1ccccc1. The molecule has 3 atom stereocenters. The number of rotatable bonds is 5. The molecule has 4 N–H and O–H groups in total. The van der Waals surface area contributed by atoms with Gasteiger partial charge in [-0.25, -0.2) is 0 Å². The molecule has 0 radical (unpaired) electrons. The minimum absolute atomic E-state index is 0.0722. The van der Waals surface area contributed by atoms with E-state index in [1.807, 2.05) is 37.3 Å². The first-order valence-electron chi connectivity index (χ1n) is 8.74. The lowest BCUT2D eigenvalue weighted by Crippen LogP contribution is -2.40. The molecule has 1 aromatic rings.